The summed E-state index contributed by atoms with van der Waals surface area (Å²) in [6.45, 7) is -0.0625. The number of methoxy groups -OCH3 is 2. The van der Waals surface area contributed by atoms with Crippen molar-refractivity contribution in [2.75, 3.05) is 26.2 Å². The topological polar surface area (TPSA) is 78.5 Å². The summed E-state index contributed by atoms with van der Waals surface area (Å²) in [5, 5.41) is 0.935. The Labute approximate surface area is 104 Å². The lowest BCUT2D eigenvalue weighted by atomic mass is 10.2. The summed E-state index contributed by atoms with van der Waals surface area (Å²) in [4.78, 5) is 11.3. The molecule has 0 aliphatic heterocycles. The van der Waals surface area contributed by atoms with E-state index in [1.165, 1.54) is 0 Å². The Balaban J connectivity index is 2.48. The predicted molar refractivity (Wildman–Crippen MR) is 68.5 cm³/mol. The molecule has 0 bridgehead atoms. The van der Waals surface area contributed by atoms with Crippen LogP contribution in [0, 0.1) is 0 Å². The van der Waals surface area contributed by atoms with Crippen LogP contribution in [0.2, 0.25) is 0 Å². The largest absolute Gasteiger partial charge is 0.493 e. The van der Waals surface area contributed by atoms with Gasteiger partial charge in [0.25, 0.3) is 5.91 Å². The number of carbonyl (C=O) groups is 1. The molecule has 18 heavy (non-hydrogen) atoms. The summed E-state index contributed by atoms with van der Waals surface area (Å²) in [5.41, 5.74) is 8.74. The van der Waals surface area contributed by atoms with Crippen molar-refractivity contribution in [1.29, 1.82) is 0 Å². The van der Waals surface area contributed by atoms with Gasteiger partial charge in [0.2, 0.25) is 0 Å². The number of ether oxygens (including phenoxy) is 2. The number of aromatic nitrogens is 1. The first-order valence-corrected chi connectivity index (χ1v) is 5.42. The van der Waals surface area contributed by atoms with Gasteiger partial charge < -0.3 is 15.2 Å². The molecule has 0 radical (unpaired) electrons. The molecule has 96 valence electrons. The fourth-order valence-corrected chi connectivity index (χ4v) is 1.74. The Morgan fingerprint density at radius 1 is 1.33 bits per heavy atom. The third kappa shape index (κ3) is 2.10. The van der Waals surface area contributed by atoms with Gasteiger partial charge in [-0.1, -0.05) is 0 Å². The molecular formula is C12H15N3O3. The van der Waals surface area contributed by atoms with Gasteiger partial charge in [0.15, 0.2) is 11.5 Å². The van der Waals surface area contributed by atoms with Crippen molar-refractivity contribution in [3.05, 3.63) is 24.4 Å². The summed E-state index contributed by atoms with van der Waals surface area (Å²) >= 11 is 0. The van der Waals surface area contributed by atoms with Gasteiger partial charge in [-0.3, -0.25) is 14.9 Å². The highest BCUT2D eigenvalue weighted by Gasteiger charge is 2.10. The molecule has 0 aliphatic carbocycles. The highest BCUT2D eigenvalue weighted by atomic mass is 16.5. The number of nitrogens with one attached hydrogen (secondary N) is 1. The van der Waals surface area contributed by atoms with Crippen LogP contribution < -0.4 is 20.6 Å². The lowest BCUT2D eigenvalue weighted by Gasteiger charge is -2.10. The number of hydrogen-bond acceptors (Lipinski definition) is 4. The second kappa shape index (κ2) is 4.97. The molecule has 1 amide bonds. The maximum atomic E-state index is 11.3. The molecule has 0 aliphatic rings. The number of carbonyl (C=O) groups excluding carboxylic acids is 1. The minimum absolute atomic E-state index is 0.0625. The molecule has 0 unspecified atom stereocenters. The first-order valence-electron chi connectivity index (χ1n) is 5.42. The Hall–Kier alpha value is -2.21. The van der Waals surface area contributed by atoms with Crippen LogP contribution in [0.4, 0.5) is 0 Å². The van der Waals surface area contributed by atoms with Crippen LogP contribution in [0.15, 0.2) is 24.4 Å². The smallest absolute Gasteiger partial charge is 0.252 e. The molecule has 1 aromatic carbocycles. The van der Waals surface area contributed by atoms with Gasteiger partial charge in [-0.2, -0.15) is 0 Å². The highest BCUT2D eigenvalue weighted by Crippen LogP contribution is 2.32. The summed E-state index contributed by atoms with van der Waals surface area (Å²) in [6, 6.07) is 5.51. The maximum absolute atomic E-state index is 11.3. The van der Waals surface area contributed by atoms with Crippen molar-refractivity contribution in [1.82, 2.24) is 4.68 Å². The van der Waals surface area contributed by atoms with Gasteiger partial charge in [0, 0.05) is 17.6 Å². The Bertz CT molecular complexity index is 577. The normalized spacial score (nSPS) is 10.4. The van der Waals surface area contributed by atoms with E-state index in [4.69, 9.17) is 15.2 Å². The maximum Gasteiger partial charge on any atom is 0.252 e. The predicted octanol–water partition coefficient (Wildman–Crippen LogP) is 0.687. The molecule has 2 rings (SSSR count). The van der Waals surface area contributed by atoms with Gasteiger partial charge in [-0.05, 0) is 12.1 Å². The number of hydrogen-bond donors (Lipinski definition) is 2. The highest BCUT2D eigenvalue weighted by molar-refractivity contribution is 5.90. The van der Waals surface area contributed by atoms with Gasteiger partial charge >= 0.3 is 0 Å². The number of rotatable bonds is 4. The molecule has 1 heterocycles. The number of benzene rings is 1. The van der Waals surface area contributed by atoms with Crippen LogP contribution in [0.3, 0.4) is 0 Å². The standard InChI is InChI=1S/C12H15N3O3/c1-17-10-5-8-3-4-15(14-12(16)7-13)9(8)6-11(10)18-2/h3-6H,7,13H2,1-2H3,(H,14,16). The van der Waals surface area contributed by atoms with Crippen LogP contribution in [0.25, 0.3) is 10.9 Å². The van der Waals surface area contributed by atoms with Gasteiger partial charge in [-0.25, -0.2) is 0 Å². The van der Waals surface area contributed by atoms with E-state index in [2.05, 4.69) is 5.43 Å². The van der Waals surface area contributed by atoms with Gasteiger partial charge in [0.1, 0.15) is 0 Å². The quantitative estimate of drug-likeness (QED) is 0.835. The monoisotopic (exact) mass is 249 g/mol. The van der Waals surface area contributed by atoms with E-state index in [9.17, 15) is 4.79 Å². The summed E-state index contributed by atoms with van der Waals surface area (Å²) < 4.78 is 12.0. The molecule has 0 saturated carbocycles. The number of nitrogens with two attached hydrogens (primary N) is 1. The molecule has 3 N–H and O–H groups in total. The van der Waals surface area contributed by atoms with Gasteiger partial charge in [-0.15, -0.1) is 0 Å². The second-order valence-corrected chi connectivity index (χ2v) is 3.69. The lowest BCUT2D eigenvalue weighted by molar-refractivity contribution is -0.115. The molecule has 0 atom stereocenters. The Morgan fingerprint density at radius 2 is 2.00 bits per heavy atom. The van der Waals surface area contributed by atoms with E-state index in [1.54, 1.807) is 31.2 Å². The van der Waals surface area contributed by atoms with Crippen molar-refractivity contribution >= 4 is 16.8 Å². The van der Waals surface area contributed by atoms with Crippen LogP contribution in [0.5, 0.6) is 11.5 Å². The average molecular weight is 249 g/mol. The third-order valence-electron chi connectivity index (χ3n) is 2.63. The third-order valence-corrected chi connectivity index (χ3v) is 2.63. The van der Waals surface area contributed by atoms with Crippen molar-refractivity contribution in [3.63, 3.8) is 0 Å². The van der Waals surface area contributed by atoms with Crippen LogP contribution >= 0.6 is 0 Å². The number of nitrogens with zero attached hydrogens (tertiary/aromatic N) is 1. The van der Waals surface area contributed by atoms with Crippen molar-refractivity contribution < 1.29 is 14.3 Å². The van der Waals surface area contributed by atoms with E-state index in [-0.39, 0.29) is 12.5 Å². The summed E-state index contributed by atoms with van der Waals surface area (Å²) in [6.07, 6.45) is 1.75. The van der Waals surface area contributed by atoms with Crippen LogP contribution in [-0.2, 0) is 4.79 Å². The first kappa shape index (κ1) is 12.3. The Morgan fingerprint density at radius 3 is 2.61 bits per heavy atom. The fourth-order valence-electron chi connectivity index (χ4n) is 1.74. The van der Waals surface area contributed by atoms with Crippen molar-refractivity contribution in [2.45, 2.75) is 0 Å². The Kier molecular flexibility index (Phi) is 3.38. The van der Waals surface area contributed by atoms with Crippen LogP contribution in [0.1, 0.15) is 0 Å². The zero-order chi connectivity index (χ0) is 13.1. The molecule has 0 saturated heterocycles. The van der Waals surface area contributed by atoms with Crippen LogP contribution in [-0.4, -0.2) is 31.3 Å². The van der Waals surface area contributed by atoms with E-state index in [0.29, 0.717) is 11.5 Å². The minimum Gasteiger partial charge on any atom is -0.493 e. The summed E-state index contributed by atoms with van der Waals surface area (Å²) in [7, 11) is 3.15. The van der Waals surface area contributed by atoms with E-state index in [0.717, 1.165) is 10.9 Å². The summed E-state index contributed by atoms with van der Waals surface area (Å²) in [5.74, 6) is 0.988. The van der Waals surface area contributed by atoms with Crippen molar-refractivity contribution in [2.24, 2.45) is 5.73 Å². The SMILES string of the molecule is COc1cc2ccn(NC(=O)CN)c2cc1OC. The molecular weight excluding hydrogens is 234 g/mol. The molecule has 0 fully saturated rings. The molecule has 6 nitrogen and oxygen atoms in total. The number of fused-ring (bicyclic) bond motifs is 1. The van der Waals surface area contributed by atoms with Gasteiger partial charge in [0.05, 0.1) is 26.3 Å². The van der Waals surface area contributed by atoms with E-state index in [1.807, 2.05) is 12.1 Å². The molecule has 6 heteroatoms. The minimum atomic E-state index is -0.262. The van der Waals surface area contributed by atoms with E-state index < -0.39 is 0 Å². The zero-order valence-corrected chi connectivity index (χ0v) is 10.3. The zero-order valence-electron chi connectivity index (χ0n) is 10.3. The molecule has 0 spiro atoms. The fraction of sp³-hybridized carbons (Fsp3) is 0.250. The number of amides is 1. The average Bonchev–Trinajstić information content (AvgIpc) is 2.79. The lowest BCUT2D eigenvalue weighted by Crippen LogP contribution is -2.28. The van der Waals surface area contributed by atoms with E-state index >= 15 is 0 Å². The molecule has 1 aromatic heterocycles. The second-order valence-electron chi connectivity index (χ2n) is 3.69. The molecule has 2 aromatic rings. The first-order chi connectivity index (χ1) is 8.69. The van der Waals surface area contributed by atoms with Crippen molar-refractivity contribution in [3.8, 4) is 11.5 Å².